The van der Waals surface area contributed by atoms with Crippen LogP contribution in [-0.2, 0) is 4.74 Å². The highest BCUT2D eigenvalue weighted by molar-refractivity contribution is 5.84. The van der Waals surface area contributed by atoms with Gasteiger partial charge in [-0.25, -0.2) is 9.97 Å². The largest absolute Gasteiger partial charge is 0.475 e. The molecule has 0 aliphatic carbocycles. The Hall–Kier alpha value is -1.62. The van der Waals surface area contributed by atoms with Gasteiger partial charge in [-0.3, -0.25) is 0 Å². The fraction of sp³-hybridized carbons (Fsp3) is 0.400. The number of hydrogen-bond donors (Lipinski definition) is 1. The van der Waals surface area contributed by atoms with Crippen LogP contribution in [0.15, 0.2) is 12.5 Å². The molecular weight excluding hydrogens is 194 g/mol. The second kappa shape index (κ2) is 4.27. The van der Waals surface area contributed by atoms with Gasteiger partial charge < -0.3 is 14.5 Å². The molecule has 2 heterocycles. The Bertz CT molecular complexity index is 453. The number of aromatic nitrogens is 3. The standard InChI is InChI=1S/C10H13N3O2/c1-7-5-11-9-8(7)10(13-6-12-9)15-4-3-14-2/h5-6H,3-4H2,1-2H3,(H,11,12,13). The lowest BCUT2D eigenvalue weighted by Crippen LogP contribution is -2.05. The van der Waals surface area contributed by atoms with Crippen molar-refractivity contribution in [3.05, 3.63) is 18.1 Å². The van der Waals surface area contributed by atoms with Crippen LogP contribution in [0.3, 0.4) is 0 Å². The normalized spacial score (nSPS) is 10.8. The summed E-state index contributed by atoms with van der Waals surface area (Å²) in [5.74, 6) is 0.607. The molecule has 0 bridgehead atoms. The monoisotopic (exact) mass is 207 g/mol. The second-order valence-electron chi connectivity index (χ2n) is 3.22. The molecule has 0 aliphatic heterocycles. The van der Waals surface area contributed by atoms with Crippen molar-refractivity contribution in [3.8, 4) is 5.88 Å². The fourth-order valence-corrected chi connectivity index (χ4v) is 1.41. The van der Waals surface area contributed by atoms with Crippen LogP contribution in [0.5, 0.6) is 5.88 Å². The first kappa shape index (κ1) is 9.92. The number of nitrogens with one attached hydrogen (secondary N) is 1. The minimum atomic E-state index is 0.493. The first-order chi connectivity index (χ1) is 7.33. The van der Waals surface area contributed by atoms with E-state index in [4.69, 9.17) is 9.47 Å². The van der Waals surface area contributed by atoms with Crippen LogP contribution in [-0.4, -0.2) is 35.3 Å². The highest BCUT2D eigenvalue weighted by Gasteiger charge is 2.08. The predicted molar refractivity (Wildman–Crippen MR) is 56.0 cm³/mol. The third kappa shape index (κ3) is 1.92. The van der Waals surface area contributed by atoms with Gasteiger partial charge in [0, 0.05) is 13.3 Å². The second-order valence-corrected chi connectivity index (χ2v) is 3.22. The number of nitrogens with zero attached hydrogens (tertiary/aromatic N) is 2. The van der Waals surface area contributed by atoms with Gasteiger partial charge in [-0.2, -0.15) is 0 Å². The van der Waals surface area contributed by atoms with Crippen molar-refractivity contribution < 1.29 is 9.47 Å². The number of aryl methyl sites for hydroxylation is 1. The summed E-state index contributed by atoms with van der Waals surface area (Å²) in [7, 11) is 1.64. The fourth-order valence-electron chi connectivity index (χ4n) is 1.41. The Balaban J connectivity index is 2.29. The van der Waals surface area contributed by atoms with Gasteiger partial charge >= 0.3 is 0 Å². The summed E-state index contributed by atoms with van der Waals surface area (Å²) in [6.07, 6.45) is 3.38. The van der Waals surface area contributed by atoms with E-state index in [9.17, 15) is 0 Å². The summed E-state index contributed by atoms with van der Waals surface area (Å²) in [6, 6.07) is 0. The number of H-pyrrole nitrogens is 1. The first-order valence-electron chi connectivity index (χ1n) is 4.73. The minimum absolute atomic E-state index is 0.493. The molecule has 0 saturated heterocycles. The summed E-state index contributed by atoms with van der Waals surface area (Å²) < 4.78 is 10.4. The van der Waals surface area contributed by atoms with Crippen LogP contribution in [0, 0.1) is 6.92 Å². The number of methoxy groups -OCH3 is 1. The number of aromatic amines is 1. The Morgan fingerprint density at radius 3 is 3.00 bits per heavy atom. The summed E-state index contributed by atoms with van der Waals surface area (Å²) in [6.45, 7) is 3.04. The van der Waals surface area contributed by atoms with E-state index >= 15 is 0 Å². The maximum absolute atomic E-state index is 5.50. The average Bonchev–Trinajstić information content (AvgIpc) is 2.62. The van der Waals surface area contributed by atoms with E-state index in [1.807, 2.05) is 13.1 Å². The number of rotatable bonds is 4. The third-order valence-corrected chi connectivity index (χ3v) is 2.16. The zero-order valence-corrected chi connectivity index (χ0v) is 8.78. The van der Waals surface area contributed by atoms with Crippen molar-refractivity contribution in [1.29, 1.82) is 0 Å². The van der Waals surface area contributed by atoms with Crippen LogP contribution < -0.4 is 4.74 Å². The smallest absolute Gasteiger partial charge is 0.226 e. The van der Waals surface area contributed by atoms with E-state index in [0.29, 0.717) is 19.1 Å². The molecule has 0 unspecified atom stereocenters. The molecule has 0 atom stereocenters. The summed E-state index contributed by atoms with van der Waals surface area (Å²) in [5.41, 5.74) is 1.88. The lowest BCUT2D eigenvalue weighted by atomic mass is 10.3. The molecule has 0 fully saturated rings. The number of fused-ring (bicyclic) bond motifs is 1. The molecule has 0 spiro atoms. The Morgan fingerprint density at radius 1 is 1.33 bits per heavy atom. The van der Waals surface area contributed by atoms with Crippen molar-refractivity contribution in [2.75, 3.05) is 20.3 Å². The van der Waals surface area contributed by atoms with Gasteiger partial charge in [-0.15, -0.1) is 0 Å². The van der Waals surface area contributed by atoms with Crippen LogP contribution in [0.25, 0.3) is 11.0 Å². The molecule has 2 aromatic heterocycles. The minimum Gasteiger partial charge on any atom is -0.475 e. The summed E-state index contributed by atoms with van der Waals surface area (Å²) in [5, 5.41) is 0.939. The topological polar surface area (TPSA) is 60.0 Å². The van der Waals surface area contributed by atoms with E-state index in [0.717, 1.165) is 16.6 Å². The van der Waals surface area contributed by atoms with Gasteiger partial charge in [-0.1, -0.05) is 0 Å². The summed E-state index contributed by atoms with van der Waals surface area (Å²) >= 11 is 0. The molecule has 2 rings (SSSR count). The molecule has 0 aromatic carbocycles. The molecule has 2 aromatic rings. The lowest BCUT2D eigenvalue weighted by molar-refractivity contribution is 0.144. The van der Waals surface area contributed by atoms with E-state index < -0.39 is 0 Å². The molecular formula is C10H13N3O2. The molecule has 0 amide bonds. The predicted octanol–water partition coefficient (Wildman–Crippen LogP) is 1.29. The van der Waals surface area contributed by atoms with Crippen LogP contribution in [0.2, 0.25) is 0 Å². The van der Waals surface area contributed by atoms with Gasteiger partial charge in [-0.05, 0) is 12.5 Å². The van der Waals surface area contributed by atoms with Crippen molar-refractivity contribution in [1.82, 2.24) is 15.0 Å². The van der Waals surface area contributed by atoms with E-state index in [1.165, 1.54) is 6.33 Å². The Kier molecular flexibility index (Phi) is 2.82. The zero-order chi connectivity index (χ0) is 10.7. The molecule has 0 aliphatic rings. The van der Waals surface area contributed by atoms with Gasteiger partial charge in [0.15, 0.2) is 0 Å². The van der Waals surface area contributed by atoms with E-state index in [1.54, 1.807) is 7.11 Å². The van der Waals surface area contributed by atoms with Gasteiger partial charge in [0.25, 0.3) is 0 Å². The molecule has 15 heavy (non-hydrogen) atoms. The first-order valence-corrected chi connectivity index (χ1v) is 4.73. The molecule has 0 radical (unpaired) electrons. The zero-order valence-electron chi connectivity index (χ0n) is 8.78. The molecule has 80 valence electrons. The van der Waals surface area contributed by atoms with Crippen LogP contribution >= 0.6 is 0 Å². The average molecular weight is 207 g/mol. The highest BCUT2D eigenvalue weighted by atomic mass is 16.5. The number of ether oxygens (including phenoxy) is 2. The molecule has 0 saturated carbocycles. The third-order valence-electron chi connectivity index (χ3n) is 2.16. The van der Waals surface area contributed by atoms with E-state index in [-0.39, 0.29) is 0 Å². The van der Waals surface area contributed by atoms with Crippen molar-refractivity contribution in [3.63, 3.8) is 0 Å². The molecule has 1 N–H and O–H groups in total. The Labute approximate surface area is 87.4 Å². The molecule has 5 nitrogen and oxygen atoms in total. The van der Waals surface area contributed by atoms with Gasteiger partial charge in [0.05, 0.1) is 12.0 Å². The Morgan fingerprint density at radius 2 is 2.20 bits per heavy atom. The maximum atomic E-state index is 5.50. The van der Waals surface area contributed by atoms with E-state index in [2.05, 4.69) is 15.0 Å². The quantitative estimate of drug-likeness (QED) is 0.767. The van der Waals surface area contributed by atoms with Crippen LogP contribution in [0.4, 0.5) is 0 Å². The molecule has 5 heteroatoms. The number of hydrogen-bond acceptors (Lipinski definition) is 4. The highest BCUT2D eigenvalue weighted by Crippen LogP contribution is 2.23. The lowest BCUT2D eigenvalue weighted by Gasteiger charge is -2.05. The van der Waals surface area contributed by atoms with Crippen LogP contribution in [0.1, 0.15) is 5.56 Å². The van der Waals surface area contributed by atoms with Crippen molar-refractivity contribution in [2.45, 2.75) is 6.92 Å². The maximum Gasteiger partial charge on any atom is 0.226 e. The van der Waals surface area contributed by atoms with Gasteiger partial charge in [0.2, 0.25) is 5.88 Å². The summed E-state index contributed by atoms with van der Waals surface area (Å²) in [4.78, 5) is 11.3. The van der Waals surface area contributed by atoms with Crippen molar-refractivity contribution >= 4 is 11.0 Å². The SMILES string of the molecule is COCCOc1ncnc2[nH]cc(C)c12. The van der Waals surface area contributed by atoms with Gasteiger partial charge in [0.1, 0.15) is 18.6 Å². The van der Waals surface area contributed by atoms with Crippen molar-refractivity contribution in [2.24, 2.45) is 0 Å².